The lowest BCUT2D eigenvalue weighted by Crippen LogP contribution is -2.42. The molecular weight excluding hydrogens is 248 g/mol. The van der Waals surface area contributed by atoms with Crippen LogP contribution in [0.4, 0.5) is 5.69 Å². The number of nitrogen functional groups attached to an aromatic ring is 1. The van der Waals surface area contributed by atoms with Gasteiger partial charge >= 0.3 is 0 Å². The summed E-state index contributed by atoms with van der Waals surface area (Å²) in [5, 5.41) is 10.6. The lowest BCUT2D eigenvalue weighted by Gasteiger charge is -2.35. The standard InChI is InChI=1S/C14H21ClN2O/c1-17(13-4-2-3-5-14(13)18)9-10-6-7-11(15)12(16)8-10/h6-8,13-14,18H,2-5,9,16H2,1H3. The first-order chi connectivity index (χ1) is 8.58. The number of hydrogen-bond acceptors (Lipinski definition) is 3. The minimum atomic E-state index is -0.201. The number of hydrogen-bond donors (Lipinski definition) is 2. The summed E-state index contributed by atoms with van der Waals surface area (Å²) >= 11 is 5.91. The van der Waals surface area contributed by atoms with Crippen molar-refractivity contribution in [1.29, 1.82) is 0 Å². The fourth-order valence-corrected chi connectivity index (χ4v) is 2.82. The van der Waals surface area contributed by atoms with E-state index in [0.717, 1.165) is 31.4 Å². The average Bonchev–Trinajstić information content (AvgIpc) is 2.34. The highest BCUT2D eigenvalue weighted by atomic mass is 35.5. The molecular formula is C14H21ClN2O. The van der Waals surface area contributed by atoms with Gasteiger partial charge in [-0.15, -0.1) is 0 Å². The van der Waals surface area contributed by atoms with Crippen molar-refractivity contribution in [3.63, 3.8) is 0 Å². The van der Waals surface area contributed by atoms with Gasteiger partial charge in [0.25, 0.3) is 0 Å². The number of nitrogens with zero attached hydrogens (tertiary/aromatic N) is 1. The van der Waals surface area contributed by atoms with Gasteiger partial charge in [-0.05, 0) is 37.6 Å². The van der Waals surface area contributed by atoms with Crippen molar-refractivity contribution in [3.8, 4) is 0 Å². The van der Waals surface area contributed by atoms with Gasteiger partial charge in [0.15, 0.2) is 0 Å². The van der Waals surface area contributed by atoms with Gasteiger partial charge in [0.05, 0.1) is 16.8 Å². The number of benzene rings is 1. The highest BCUT2D eigenvalue weighted by molar-refractivity contribution is 6.33. The van der Waals surface area contributed by atoms with Crippen LogP contribution in [0.15, 0.2) is 18.2 Å². The average molecular weight is 269 g/mol. The molecule has 2 atom stereocenters. The van der Waals surface area contributed by atoms with Gasteiger partial charge in [-0.3, -0.25) is 4.90 Å². The first kappa shape index (κ1) is 13.7. The maximum absolute atomic E-state index is 10.0. The first-order valence-electron chi connectivity index (χ1n) is 6.50. The number of likely N-dealkylation sites (N-methyl/N-ethyl adjacent to an activating group) is 1. The van der Waals surface area contributed by atoms with Crippen LogP contribution in [0.1, 0.15) is 31.2 Å². The Morgan fingerprint density at radius 2 is 2.11 bits per heavy atom. The Balaban J connectivity index is 2.01. The van der Waals surface area contributed by atoms with Crippen LogP contribution in [0.5, 0.6) is 0 Å². The maximum atomic E-state index is 10.0. The van der Waals surface area contributed by atoms with E-state index >= 15 is 0 Å². The Kier molecular flexibility index (Phi) is 4.49. The third kappa shape index (κ3) is 3.16. The fourth-order valence-electron chi connectivity index (χ4n) is 2.70. The van der Waals surface area contributed by atoms with E-state index in [2.05, 4.69) is 11.9 Å². The van der Waals surface area contributed by atoms with Crippen molar-refractivity contribution in [3.05, 3.63) is 28.8 Å². The van der Waals surface area contributed by atoms with E-state index in [1.165, 1.54) is 6.42 Å². The molecule has 4 heteroatoms. The quantitative estimate of drug-likeness (QED) is 0.829. The van der Waals surface area contributed by atoms with Crippen molar-refractivity contribution >= 4 is 17.3 Å². The van der Waals surface area contributed by atoms with Gasteiger partial charge in [-0.2, -0.15) is 0 Å². The SMILES string of the molecule is CN(Cc1ccc(Cl)c(N)c1)C1CCCCC1O. The van der Waals surface area contributed by atoms with E-state index in [-0.39, 0.29) is 12.1 Å². The van der Waals surface area contributed by atoms with Gasteiger partial charge in [-0.25, -0.2) is 0 Å². The molecule has 2 unspecified atom stereocenters. The molecule has 1 aliphatic carbocycles. The van der Waals surface area contributed by atoms with Crippen LogP contribution in [0, 0.1) is 0 Å². The number of nitrogens with two attached hydrogens (primary N) is 1. The molecule has 0 aromatic heterocycles. The Morgan fingerprint density at radius 3 is 2.78 bits per heavy atom. The predicted octanol–water partition coefficient (Wildman–Crippen LogP) is 2.66. The molecule has 0 spiro atoms. The Labute approximate surface area is 114 Å². The number of halogens is 1. The van der Waals surface area contributed by atoms with E-state index in [1.54, 1.807) is 0 Å². The Bertz CT molecular complexity index is 411. The molecule has 1 fully saturated rings. The van der Waals surface area contributed by atoms with Crippen molar-refractivity contribution in [2.45, 2.75) is 44.4 Å². The molecule has 1 aliphatic rings. The normalized spacial score (nSPS) is 24.4. The van der Waals surface area contributed by atoms with Gasteiger partial charge in [0.1, 0.15) is 0 Å². The number of rotatable bonds is 3. The Hall–Kier alpha value is -0.770. The van der Waals surface area contributed by atoms with Gasteiger partial charge in [0, 0.05) is 12.6 Å². The summed E-state index contributed by atoms with van der Waals surface area (Å²) in [5.41, 5.74) is 7.56. The third-order valence-corrected chi connectivity index (χ3v) is 4.10. The van der Waals surface area contributed by atoms with Crippen LogP contribution < -0.4 is 5.73 Å². The van der Waals surface area contributed by atoms with Crippen molar-refractivity contribution in [2.75, 3.05) is 12.8 Å². The summed E-state index contributed by atoms with van der Waals surface area (Å²) in [5.74, 6) is 0. The lowest BCUT2D eigenvalue weighted by molar-refractivity contribution is 0.0288. The molecule has 0 saturated heterocycles. The minimum absolute atomic E-state index is 0.201. The van der Waals surface area contributed by atoms with Crippen LogP contribution >= 0.6 is 11.6 Å². The molecule has 0 amide bonds. The highest BCUT2D eigenvalue weighted by Crippen LogP contribution is 2.25. The molecule has 100 valence electrons. The molecule has 18 heavy (non-hydrogen) atoms. The second-order valence-electron chi connectivity index (χ2n) is 5.19. The zero-order valence-corrected chi connectivity index (χ0v) is 11.5. The van der Waals surface area contributed by atoms with Gasteiger partial charge < -0.3 is 10.8 Å². The topological polar surface area (TPSA) is 49.5 Å². The zero-order valence-electron chi connectivity index (χ0n) is 10.8. The molecule has 3 N–H and O–H groups in total. The van der Waals surface area contributed by atoms with Crippen LogP contribution in [-0.2, 0) is 6.54 Å². The summed E-state index contributed by atoms with van der Waals surface area (Å²) in [4.78, 5) is 2.21. The second-order valence-corrected chi connectivity index (χ2v) is 5.60. The molecule has 0 heterocycles. The third-order valence-electron chi connectivity index (χ3n) is 3.75. The van der Waals surface area contributed by atoms with Gasteiger partial charge in [-0.1, -0.05) is 30.5 Å². The van der Waals surface area contributed by atoms with Crippen LogP contribution in [0.2, 0.25) is 5.02 Å². The minimum Gasteiger partial charge on any atom is -0.398 e. The van der Waals surface area contributed by atoms with Crippen LogP contribution in [-0.4, -0.2) is 29.2 Å². The van der Waals surface area contributed by atoms with Crippen molar-refractivity contribution < 1.29 is 5.11 Å². The van der Waals surface area contributed by atoms with Crippen LogP contribution in [0.3, 0.4) is 0 Å². The summed E-state index contributed by atoms with van der Waals surface area (Å²) in [6, 6.07) is 5.99. The monoisotopic (exact) mass is 268 g/mol. The second kappa shape index (κ2) is 5.91. The van der Waals surface area contributed by atoms with Crippen LogP contribution in [0.25, 0.3) is 0 Å². The molecule has 0 bridgehead atoms. The van der Waals surface area contributed by atoms with Crippen molar-refractivity contribution in [1.82, 2.24) is 4.90 Å². The predicted molar refractivity (Wildman–Crippen MR) is 75.6 cm³/mol. The molecule has 1 aromatic carbocycles. The van der Waals surface area contributed by atoms with E-state index in [0.29, 0.717) is 10.7 Å². The lowest BCUT2D eigenvalue weighted by atomic mass is 9.91. The number of aliphatic hydroxyl groups excluding tert-OH is 1. The van der Waals surface area contributed by atoms with E-state index in [9.17, 15) is 5.11 Å². The molecule has 0 aliphatic heterocycles. The molecule has 2 rings (SSSR count). The summed E-state index contributed by atoms with van der Waals surface area (Å²) in [6.45, 7) is 0.795. The van der Waals surface area contributed by atoms with E-state index in [4.69, 9.17) is 17.3 Å². The zero-order chi connectivity index (χ0) is 13.1. The molecule has 3 nitrogen and oxygen atoms in total. The first-order valence-corrected chi connectivity index (χ1v) is 6.88. The van der Waals surface area contributed by atoms with Gasteiger partial charge in [0.2, 0.25) is 0 Å². The summed E-state index contributed by atoms with van der Waals surface area (Å²) < 4.78 is 0. The Morgan fingerprint density at radius 1 is 1.39 bits per heavy atom. The number of anilines is 1. The van der Waals surface area contributed by atoms with E-state index < -0.39 is 0 Å². The smallest absolute Gasteiger partial charge is 0.0695 e. The van der Waals surface area contributed by atoms with E-state index in [1.807, 2.05) is 18.2 Å². The van der Waals surface area contributed by atoms with Crippen molar-refractivity contribution in [2.24, 2.45) is 0 Å². The molecule has 1 aromatic rings. The largest absolute Gasteiger partial charge is 0.398 e. The molecule has 1 saturated carbocycles. The number of aliphatic hydroxyl groups is 1. The molecule has 0 radical (unpaired) electrons. The maximum Gasteiger partial charge on any atom is 0.0695 e. The fraction of sp³-hybridized carbons (Fsp3) is 0.571. The highest BCUT2D eigenvalue weighted by Gasteiger charge is 2.26. The summed E-state index contributed by atoms with van der Waals surface area (Å²) in [6.07, 6.45) is 4.13. The summed E-state index contributed by atoms with van der Waals surface area (Å²) in [7, 11) is 2.06.